The van der Waals surface area contributed by atoms with Gasteiger partial charge in [0, 0.05) is 19.1 Å². The Morgan fingerprint density at radius 2 is 1.70 bits per heavy atom. The molecule has 1 N–H and O–H groups in total. The molecule has 0 saturated carbocycles. The quantitative estimate of drug-likeness (QED) is 0.736. The van der Waals surface area contributed by atoms with Crippen molar-refractivity contribution in [1.82, 2.24) is 10.2 Å². The molecule has 0 aliphatic heterocycles. The van der Waals surface area contributed by atoms with Crippen LogP contribution >= 0.6 is 0 Å². The van der Waals surface area contributed by atoms with Gasteiger partial charge in [-0.1, -0.05) is 58.4 Å². The first-order valence-corrected chi connectivity index (χ1v) is 8.07. The smallest absolute Gasteiger partial charge is 0.0449 e. The van der Waals surface area contributed by atoms with Gasteiger partial charge in [-0.05, 0) is 37.1 Å². The Morgan fingerprint density at radius 3 is 2.20 bits per heavy atom. The van der Waals surface area contributed by atoms with Crippen LogP contribution in [-0.2, 0) is 6.42 Å². The fourth-order valence-electron chi connectivity index (χ4n) is 2.75. The van der Waals surface area contributed by atoms with Gasteiger partial charge in [0.25, 0.3) is 0 Å². The third-order valence-corrected chi connectivity index (χ3v) is 3.54. The normalized spacial score (nSPS) is 13.2. The zero-order valence-electron chi connectivity index (χ0n) is 13.9. The highest BCUT2D eigenvalue weighted by molar-refractivity contribution is 5.25. The summed E-state index contributed by atoms with van der Waals surface area (Å²) in [5.74, 6) is 0.717. The number of hydrogen-bond donors (Lipinski definition) is 1. The summed E-state index contributed by atoms with van der Waals surface area (Å²) in [7, 11) is 2.22. The molecule has 1 unspecified atom stereocenters. The van der Waals surface area contributed by atoms with Crippen molar-refractivity contribution >= 4 is 0 Å². The number of rotatable bonds is 9. The van der Waals surface area contributed by atoms with Crippen LogP contribution in [0.15, 0.2) is 24.3 Å². The summed E-state index contributed by atoms with van der Waals surface area (Å²) >= 11 is 0. The first-order chi connectivity index (χ1) is 9.56. The molecule has 2 nitrogen and oxygen atoms in total. The molecule has 0 heterocycles. The zero-order chi connectivity index (χ0) is 15.0. The molecule has 1 rings (SSSR count). The van der Waals surface area contributed by atoms with E-state index in [1.165, 1.54) is 24.0 Å². The Kier molecular flexibility index (Phi) is 7.86. The second kappa shape index (κ2) is 9.15. The largest absolute Gasteiger partial charge is 0.309 e. The van der Waals surface area contributed by atoms with Crippen LogP contribution in [0.3, 0.4) is 0 Å². The van der Waals surface area contributed by atoms with E-state index in [-0.39, 0.29) is 0 Å². The second-order valence-electron chi connectivity index (χ2n) is 6.22. The summed E-state index contributed by atoms with van der Waals surface area (Å²) < 4.78 is 0. The molecule has 0 aliphatic rings. The fraction of sp³-hybridized carbons (Fsp3) is 0.667. The molecular weight excluding hydrogens is 244 g/mol. The Balaban J connectivity index is 2.69. The van der Waals surface area contributed by atoms with Crippen LogP contribution in [0.4, 0.5) is 0 Å². The highest BCUT2D eigenvalue weighted by atomic mass is 15.1. The van der Waals surface area contributed by atoms with Crippen molar-refractivity contribution in [2.75, 3.05) is 26.7 Å². The molecule has 0 spiro atoms. The molecule has 2 heteroatoms. The van der Waals surface area contributed by atoms with Crippen LogP contribution in [0.2, 0.25) is 0 Å². The average Bonchev–Trinajstić information content (AvgIpc) is 2.38. The van der Waals surface area contributed by atoms with Crippen LogP contribution in [-0.4, -0.2) is 31.6 Å². The monoisotopic (exact) mass is 276 g/mol. The molecule has 0 saturated heterocycles. The average molecular weight is 276 g/mol. The predicted octanol–water partition coefficient (Wildman–Crippen LogP) is 3.88. The lowest BCUT2D eigenvalue weighted by molar-refractivity contribution is 0.263. The molecule has 0 fully saturated rings. The number of hydrogen-bond acceptors (Lipinski definition) is 2. The Hall–Kier alpha value is -0.860. The predicted molar refractivity (Wildman–Crippen MR) is 89.2 cm³/mol. The Bertz CT molecular complexity index is 356. The van der Waals surface area contributed by atoms with Gasteiger partial charge in [-0.15, -0.1) is 0 Å². The molecule has 1 aromatic rings. The minimum atomic E-state index is 0.430. The van der Waals surface area contributed by atoms with Crippen molar-refractivity contribution in [3.8, 4) is 0 Å². The molecule has 0 aromatic heterocycles. The summed E-state index contributed by atoms with van der Waals surface area (Å²) in [5.41, 5.74) is 2.85. The van der Waals surface area contributed by atoms with Crippen molar-refractivity contribution in [3.05, 3.63) is 35.4 Å². The maximum absolute atomic E-state index is 3.61. The summed E-state index contributed by atoms with van der Waals surface area (Å²) in [6.45, 7) is 12.2. The van der Waals surface area contributed by atoms with Gasteiger partial charge in [-0.25, -0.2) is 0 Å². The fourth-order valence-corrected chi connectivity index (χ4v) is 2.75. The molecule has 0 radical (unpaired) electrons. The van der Waals surface area contributed by atoms with E-state index < -0.39 is 0 Å². The molecule has 114 valence electrons. The van der Waals surface area contributed by atoms with Crippen LogP contribution in [0, 0.1) is 5.92 Å². The van der Waals surface area contributed by atoms with Crippen molar-refractivity contribution < 1.29 is 0 Å². The van der Waals surface area contributed by atoms with Gasteiger partial charge in [-0.3, -0.25) is 0 Å². The first-order valence-electron chi connectivity index (χ1n) is 8.07. The van der Waals surface area contributed by atoms with Crippen LogP contribution in [0.1, 0.15) is 51.3 Å². The van der Waals surface area contributed by atoms with Gasteiger partial charge in [0.15, 0.2) is 0 Å². The second-order valence-corrected chi connectivity index (χ2v) is 6.22. The maximum Gasteiger partial charge on any atom is 0.0449 e. The summed E-state index contributed by atoms with van der Waals surface area (Å²) in [5, 5.41) is 3.61. The number of nitrogens with zero attached hydrogens (tertiary/aromatic N) is 1. The van der Waals surface area contributed by atoms with E-state index in [2.05, 4.69) is 69.2 Å². The van der Waals surface area contributed by atoms with E-state index in [4.69, 9.17) is 0 Å². The third-order valence-electron chi connectivity index (χ3n) is 3.54. The van der Waals surface area contributed by atoms with E-state index in [1.807, 2.05) is 0 Å². The topological polar surface area (TPSA) is 15.3 Å². The summed E-state index contributed by atoms with van der Waals surface area (Å²) in [6, 6.07) is 9.58. The molecule has 1 aromatic carbocycles. The minimum absolute atomic E-state index is 0.430. The van der Waals surface area contributed by atoms with Crippen molar-refractivity contribution in [2.45, 2.75) is 46.6 Å². The standard InChI is InChI=1S/C18H32N2/c1-6-8-16-9-11-17(12-10-16)18(19-7-2)14-20(5)13-15(3)4/h9-12,15,18-19H,6-8,13-14H2,1-5H3. The van der Waals surface area contributed by atoms with Crippen molar-refractivity contribution in [1.29, 1.82) is 0 Å². The van der Waals surface area contributed by atoms with Crippen LogP contribution in [0.5, 0.6) is 0 Å². The lowest BCUT2D eigenvalue weighted by Gasteiger charge is -2.26. The lowest BCUT2D eigenvalue weighted by Crippen LogP contribution is -2.34. The summed E-state index contributed by atoms with van der Waals surface area (Å²) in [6.07, 6.45) is 2.40. The van der Waals surface area contributed by atoms with Crippen LogP contribution in [0.25, 0.3) is 0 Å². The van der Waals surface area contributed by atoms with Gasteiger partial charge >= 0.3 is 0 Å². The molecule has 1 atom stereocenters. The summed E-state index contributed by atoms with van der Waals surface area (Å²) in [4.78, 5) is 2.43. The Morgan fingerprint density at radius 1 is 1.05 bits per heavy atom. The van der Waals surface area contributed by atoms with Gasteiger partial charge in [0.1, 0.15) is 0 Å². The maximum atomic E-state index is 3.61. The van der Waals surface area contributed by atoms with E-state index in [0.29, 0.717) is 12.0 Å². The van der Waals surface area contributed by atoms with Crippen molar-refractivity contribution in [2.24, 2.45) is 5.92 Å². The minimum Gasteiger partial charge on any atom is -0.309 e. The molecule has 20 heavy (non-hydrogen) atoms. The van der Waals surface area contributed by atoms with Gasteiger partial charge in [-0.2, -0.15) is 0 Å². The highest BCUT2D eigenvalue weighted by Gasteiger charge is 2.13. The highest BCUT2D eigenvalue weighted by Crippen LogP contribution is 2.16. The Labute approximate surface area is 125 Å². The number of nitrogens with one attached hydrogen (secondary N) is 1. The molecule has 0 amide bonds. The van der Waals surface area contributed by atoms with E-state index >= 15 is 0 Å². The molecular formula is C18H32N2. The van der Waals surface area contributed by atoms with Crippen LogP contribution < -0.4 is 5.32 Å². The molecule has 0 bridgehead atoms. The number of aryl methyl sites for hydroxylation is 1. The van der Waals surface area contributed by atoms with E-state index in [0.717, 1.165) is 19.6 Å². The number of benzene rings is 1. The zero-order valence-corrected chi connectivity index (χ0v) is 13.9. The SMILES string of the molecule is CCCc1ccc(C(CN(C)CC(C)C)NCC)cc1. The third kappa shape index (κ3) is 6.06. The number of likely N-dealkylation sites (N-methyl/N-ethyl adjacent to an activating group) is 2. The van der Waals surface area contributed by atoms with Gasteiger partial charge in [0.2, 0.25) is 0 Å². The van der Waals surface area contributed by atoms with Gasteiger partial charge in [0.05, 0.1) is 0 Å². The van der Waals surface area contributed by atoms with E-state index in [9.17, 15) is 0 Å². The molecule has 0 aliphatic carbocycles. The van der Waals surface area contributed by atoms with Crippen molar-refractivity contribution in [3.63, 3.8) is 0 Å². The lowest BCUT2D eigenvalue weighted by atomic mass is 10.0. The first kappa shape index (κ1) is 17.2. The van der Waals surface area contributed by atoms with E-state index in [1.54, 1.807) is 0 Å². The van der Waals surface area contributed by atoms with Gasteiger partial charge < -0.3 is 10.2 Å².